The fourth-order valence-electron chi connectivity index (χ4n) is 1.75. The number of aliphatic hydroxyl groups is 1. The van der Waals surface area contributed by atoms with Gasteiger partial charge in [0.1, 0.15) is 0 Å². The average Bonchev–Trinajstić information content (AvgIpc) is 2.90. The van der Waals surface area contributed by atoms with Gasteiger partial charge in [0.05, 0.1) is 6.33 Å². The zero-order chi connectivity index (χ0) is 14.5. The maximum Gasteiger partial charge on any atom is 0.259 e. The Hall–Kier alpha value is -0.920. The van der Waals surface area contributed by atoms with Gasteiger partial charge in [-0.2, -0.15) is 0 Å². The number of rotatable bonds is 8. The van der Waals surface area contributed by atoms with E-state index < -0.39 is 15.4 Å². The Morgan fingerprint density at radius 3 is 2.42 bits per heavy atom. The van der Waals surface area contributed by atoms with Crippen LogP contribution in [-0.2, 0) is 16.6 Å². The van der Waals surface area contributed by atoms with Gasteiger partial charge in [-0.25, -0.2) is 18.1 Å². The summed E-state index contributed by atoms with van der Waals surface area (Å²) >= 11 is 0. The molecule has 1 heterocycles. The summed E-state index contributed by atoms with van der Waals surface area (Å²) in [5.41, 5.74) is -0.402. The molecular formula is C12H23N3O3S. The molecule has 1 aromatic heterocycles. The van der Waals surface area contributed by atoms with Crippen LogP contribution in [-0.4, -0.2) is 36.2 Å². The minimum absolute atomic E-state index is 0.0217. The highest BCUT2D eigenvalue weighted by molar-refractivity contribution is 7.89. The van der Waals surface area contributed by atoms with Gasteiger partial charge in [-0.05, 0) is 19.8 Å². The maximum absolute atomic E-state index is 12.1. The molecule has 0 saturated carbocycles. The number of aryl methyl sites for hydroxylation is 1. The Labute approximate surface area is 114 Å². The number of aliphatic hydroxyl groups excluding tert-OH is 1. The Kier molecular flexibility index (Phi) is 5.51. The van der Waals surface area contributed by atoms with Crippen LogP contribution >= 0.6 is 0 Å². The van der Waals surface area contributed by atoms with E-state index in [-0.39, 0.29) is 18.2 Å². The van der Waals surface area contributed by atoms with Crippen LogP contribution in [0.2, 0.25) is 0 Å². The van der Waals surface area contributed by atoms with Gasteiger partial charge in [-0.15, -0.1) is 0 Å². The summed E-state index contributed by atoms with van der Waals surface area (Å²) in [6.07, 6.45) is 4.42. The Bertz CT molecular complexity index is 484. The van der Waals surface area contributed by atoms with Gasteiger partial charge in [0.15, 0.2) is 5.03 Å². The van der Waals surface area contributed by atoms with Crippen LogP contribution in [0.15, 0.2) is 17.6 Å². The molecule has 7 heteroatoms. The second-order valence-electron chi connectivity index (χ2n) is 4.73. The summed E-state index contributed by atoms with van der Waals surface area (Å²) < 4.78 is 28.4. The summed E-state index contributed by atoms with van der Waals surface area (Å²) in [5, 5.41) is 9.45. The number of nitrogens with one attached hydrogen (secondary N) is 1. The van der Waals surface area contributed by atoms with Crippen molar-refractivity contribution in [1.29, 1.82) is 0 Å². The molecule has 0 radical (unpaired) electrons. The molecule has 2 N–H and O–H groups in total. The predicted molar refractivity (Wildman–Crippen MR) is 73.2 cm³/mol. The standard InChI is InChI=1S/C12H23N3O3S/c1-4-12(5-2,9-16)8-14-19(17,18)11-7-15(6-3)10-13-11/h7,10,14,16H,4-6,8-9H2,1-3H3. The molecule has 0 saturated heterocycles. The number of hydrogen-bond donors (Lipinski definition) is 2. The first-order valence-electron chi connectivity index (χ1n) is 6.55. The molecule has 0 unspecified atom stereocenters. The second-order valence-corrected chi connectivity index (χ2v) is 6.45. The van der Waals surface area contributed by atoms with Crippen LogP contribution in [0.25, 0.3) is 0 Å². The number of hydrogen-bond acceptors (Lipinski definition) is 4. The third-order valence-electron chi connectivity index (χ3n) is 3.72. The normalized spacial score (nSPS) is 12.8. The number of imidazole rings is 1. The van der Waals surface area contributed by atoms with E-state index in [1.54, 1.807) is 4.57 Å². The summed E-state index contributed by atoms with van der Waals surface area (Å²) in [6, 6.07) is 0. The van der Waals surface area contributed by atoms with Gasteiger partial charge in [0.25, 0.3) is 10.0 Å². The first-order chi connectivity index (χ1) is 8.93. The monoisotopic (exact) mass is 289 g/mol. The smallest absolute Gasteiger partial charge is 0.259 e. The van der Waals surface area contributed by atoms with Gasteiger partial charge >= 0.3 is 0 Å². The molecule has 0 aromatic carbocycles. The Morgan fingerprint density at radius 2 is 2.00 bits per heavy atom. The SMILES string of the molecule is CCn1cnc(S(=O)(=O)NCC(CC)(CC)CO)c1. The van der Waals surface area contributed by atoms with Crippen LogP contribution in [0, 0.1) is 5.41 Å². The quantitative estimate of drug-likeness (QED) is 0.747. The van der Waals surface area contributed by atoms with Gasteiger partial charge < -0.3 is 9.67 Å². The molecule has 19 heavy (non-hydrogen) atoms. The van der Waals surface area contributed by atoms with Crippen molar-refractivity contribution in [3.63, 3.8) is 0 Å². The Balaban J connectivity index is 2.80. The molecule has 0 aliphatic heterocycles. The van der Waals surface area contributed by atoms with E-state index in [1.165, 1.54) is 12.5 Å². The van der Waals surface area contributed by atoms with E-state index in [1.807, 2.05) is 20.8 Å². The van der Waals surface area contributed by atoms with E-state index in [0.717, 1.165) is 0 Å². The van der Waals surface area contributed by atoms with Crippen LogP contribution in [0.4, 0.5) is 0 Å². The molecule has 110 valence electrons. The van der Waals surface area contributed by atoms with E-state index >= 15 is 0 Å². The van der Waals surface area contributed by atoms with Gasteiger partial charge in [-0.1, -0.05) is 13.8 Å². The van der Waals surface area contributed by atoms with E-state index in [0.29, 0.717) is 19.4 Å². The molecule has 0 bridgehead atoms. The first-order valence-corrected chi connectivity index (χ1v) is 8.03. The van der Waals surface area contributed by atoms with Crippen molar-refractivity contribution in [2.75, 3.05) is 13.2 Å². The molecule has 0 spiro atoms. The second kappa shape index (κ2) is 6.49. The van der Waals surface area contributed by atoms with Crippen molar-refractivity contribution in [1.82, 2.24) is 14.3 Å². The van der Waals surface area contributed by atoms with Crippen molar-refractivity contribution in [3.05, 3.63) is 12.5 Å². The van der Waals surface area contributed by atoms with Gasteiger partial charge in [-0.3, -0.25) is 0 Å². The summed E-state index contributed by atoms with van der Waals surface area (Å²) in [5.74, 6) is 0. The number of sulfonamides is 1. The molecular weight excluding hydrogens is 266 g/mol. The van der Waals surface area contributed by atoms with Crippen LogP contribution in [0.5, 0.6) is 0 Å². The fourth-order valence-corrected chi connectivity index (χ4v) is 2.86. The van der Waals surface area contributed by atoms with Crippen LogP contribution in [0.3, 0.4) is 0 Å². The lowest BCUT2D eigenvalue weighted by molar-refractivity contribution is 0.119. The van der Waals surface area contributed by atoms with Crippen LogP contribution in [0.1, 0.15) is 33.6 Å². The minimum atomic E-state index is -3.61. The maximum atomic E-state index is 12.1. The highest BCUT2D eigenvalue weighted by Gasteiger charge is 2.28. The van der Waals surface area contributed by atoms with Crippen molar-refractivity contribution in [2.24, 2.45) is 5.41 Å². The lowest BCUT2D eigenvalue weighted by Gasteiger charge is -2.29. The van der Waals surface area contributed by atoms with E-state index in [2.05, 4.69) is 9.71 Å². The lowest BCUT2D eigenvalue weighted by atomic mass is 9.84. The average molecular weight is 289 g/mol. The Morgan fingerprint density at radius 1 is 1.37 bits per heavy atom. The third kappa shape index (κ3) is 3.77. The number of aromatic nitrogens is 2. The van der Waals surface area contributed by atoms with Gasteiger partial charge in [0, 0.05) is 31.3 Å². The molecule has 0 amide bonds. The lowest BCUT2D eigenvalue weighted by Crippen LogP contribution is -2.39. The molecule has 1 aromatic rings. The van der Waals surface area contributed by atoms with Crippen molar-refractivity contribution in [2.45, 2.75) is 45.2 Å². The highest BCUT2D eigenvalue weighted by Crippen LogP contribution is 2.25. The summed E-state index contributed by atoms with van der Waals surface area (Å²) in [4.78, 5) is 3.89. The van der Waals surface area contributed by atoms with Crippen molar-refractivity contribution >= 4 is 10.0 Å². The molecule has 0 aliphatic rings. The van der Waals surface area contributed by atoms with Gasteiger partial charge in [0.2, 0.25) is 0 Å². The topological polar surface area (TPSA) is 84.2 Å². The van der Waals surface area contributed by atoms with E-state index in [4.69, 9.17) is 0 Å². The van der Waals surface area contributed by atoms with Crippen molar-refractivity contribution < 1.29 is 13.5 Å². The minimum Gasteiger partial charge on any atom is -0.396 e. The molecule has 1 rings (SSSR count). The molecule has 0 fully saturated rings. The van der Waals surface area contributed by atoms with E-state index in [9.17, 15) is 13.5 Å². The summed E-state index contributed by atoms with van der Waals surface area (Å²) in [7, 11) is -3.61. The predicted octanol–water partition coefficient (Wildman–Crippen LogP) is 0.980. The molecule has 0 atom stereocenters. The zero-order valence-electron chi connectivity index (χ0n) is 11.8. The molecule has 6 nitrogen and oxygen atoms in total. The molecule has 0 aliphatic carbocycles. The zero-order valence-corrected chi connectivity index (χ0v) is 12.6. The largest absolute Gasteiger partial charge is 0.396 e. The number of nitrogens with zero attached hydrogens (tertiary/aromatic N) is 2. The van der Waals surface area contributed by atoms with Crippen molar-refractivity contribution in [3.8, 4) is 0 Å². The van der Waals surface area contributed by atoms with Crippen LogP contribution < -0.4 is 4.72 Å². The third-order valence-corrected chi connectivity index (χ3v) is 5.01. The highest BCUT2D eigenvalue weighted by atomic mass is 32.2. The first kappa shape index (κ1) is 16.1. The summed E-state index contributed by atoms with van der Waals surface area (Å²) in [6.45, 7) is 6.66. The fraction of sp³-hybridized carbons (Fsp3) is 0.750.